The summed E-state index contributed by atoms with van der Waals surface area (Å²) in [5, 5.41) is -1.42. The number of alkyl halides is 1. The first-order valence-corrected chi connectivity index (χ1v) is 4.99. The lowest BCUT2D eigenvalue weighted by Crippen LogP contribution is -2.17. The van der Waals surface area contributed by atoms with Gasteiger partial charge in [0.05, 0.1) is 7.11 Å². The molecular formula is C5H10ClO5P. The van der Waals surface area contributed by atoms with Crippen molar-refractivity contribution in [2.24, 2.45) is 0 Å². The molecule has 0 spiro atoms. The first-order valence-electron chi connectivity index (χ1n) is 2.95. The molecule has 0 rings (SSSR count). The van der Waals surface area contributed by atoms with Crippen LogP contribution in [-0.2, 0) is 23.1 Å². The minimum Gasteiger partial charge on any atom is -0.467 e. The molecule has 12 heavy (non-hydrogen) atoms. The summed E-state index contributed by atoms with van der Waals surface area (Å²) in [4.78, 5) is 10.8. The fourth-order valence-electron chi connectivity index (χ4n) is 0.486. The van der Waals surface area contributed by atoms with Crippen LogP contribution >= 0.6 is 19.2 Å². The SMILES string of the molecule is COC(=O)C(Cl)P(=O)(OC)OC. The molecular weight excluding hydrogens is 206 g/mol. The summed E-state index contributed by atoms with van der Waals surface area (Å²) in [6.45, 7) is 0. The van der Waals surface area contributed by atoms with E-state index in [4.69, 9.17) is 11.6 Å². The van der Waals surface area contributed by atoms with E-state index in [1.807, 2.05) is 0 Å². The Bertz CT molecular complexity index is 198. The van der Waals surface area contributed by atoms with Crippen LogP contribution in [0.4, 0.5) is 0 Å². The molecule has 0 aliphatic rings. The third kappa shape index (κ3) is 2.45. The van der Waals surface area contributed by atoms with Crippen LogP contribution < -0.4 is 0 Å². The summed E-state index contributed by atoms with van der Waals surface area (Å²) < 4.78 is 24.6. The molecule has 1 unspecified atom stereocenters. The van der Waals surface area contributed by atoms with E-state index in [0.29, 0.717) is 0 Å². The molecule has 0 amide bonds. The number of esters is 1. The van der Waals surface area contributed by atoms with Crippen LogP contribution in [0.2, 0.25) is 0 Å². The van der Waals surface area contributed by atoms with Crippen molar-refractivity contribution in [1.29, 1.82) is 0 Å². The fraction of sp³-hybridized carbons (Fsp3) is 0.800. The zero-order valence-electron chi connectivity index (χ0n) is 6.94. The molecule has 0 radical (unpaired) electrons. The molecule has 0 aromatic heterocycles. The molecule has 0 N–H and O–H groups in total. The number of rotatable bonds is 4. The Labute approximate surface area is 75.5 Å². The van der Waals surface area contributed by atoms with Crippen molar-refractivity contribution in [3.63, 3.8) is 0 Å². The van der Waals surface area contributed by atoms with E-state index in [-0.39, 0.29) is 0 Å². The minimum atomic E-state index is -3.55. The molecule has 72 valence electrons. The zero-order chi connectivity index (χ0) is 9.78. The van der Waals surface area contributed by atoms with Crippen molar-refractivity contribution in [2.45, 2.75) is 5.12 Å². The van der Waals surface area contributed by atoms with Crippen molar-refractivity contribution >= 4 is 25.2 Å². The maximum atomic E-state index is 11.4. The van der Waals surface area contributed by atoms with E-state index in [1.165, 1.54) is 0 Å². The number of carbonyl (C=O) groups excluding carboxylic acids is 1. The lowest BCUT2D eigenvalue weighted by Gasteiger charge is -2.16. The number of methoxy groups -OCH3 is 1. The summed E-state index contributed by atoms with van der Waals surface area (Å²) in [6, 6.07) is 0. The predicted molar refractivity (Wildman–Crippen MR) is 43.3 cm³/mol. The summed E-state index contributed by atoms with van der Waals surface area (Å²) >= 11 is 5.45. The molecule has 7 heteroatoms. The van der Waals surface area contributed by atoms with E-state index >= 15 is 0 Å². The van der Waals surface area contributed by atoms with Crippen LogP contribution in [0.15, 0.2) is 0 Å². The molecule has 0 fully saturated rings. The molecule has 5 nitrogen and oxygen atoms in total. The third-order valence-electron chi connectivity index (χ3n) is 1.18. The second-order valence-electron chi connectivity index (χ2n) is 1.76. The number of hydrogen-bond donors (Lipinski definition) is 0. The van der Waals surface area contributed by atoms with Crippen LogP contribution in [0.3, 0.4) is 0 Å². The Balaban J connectivity index is 4.53. The predicted octanol–water partition coefficient (Wildman–Crippen LogP) is 1.21. The van der Waals surface area contributed by atoms with Gasteiger partial charge < -0.3 is 13.8 Å². The Morgan fingerprint density at radius 2 is 1.75 bits per heavy atom. The number of hydrogen-bond acceptors (Lipinski definition) is 5. The Kier molecular flexibility index (Phi) is 4.78. The zero-order valence-corrected chi connectivity index (χ0v) is 8.59. The third-order valence-corrected chi connectivity index (χ3v) is 3.86. The monoisotopic (exact) mass is 216 g/mol. The second kappa shape index (κ2) is 4.82. The average molecular weight is 217 g/mol. The van der Waals surface area contributed by atoms with Gasteiger partial charge in [0.15, 0.2) is 0 Å². The molecule has 0 aliphatic heterocycles. The van der Waals surface area contributed by atoms with E-state index in [0.717, 1.165) is 21.3 Å². The molecule has 0 aromatic carbocycles. The fourth-order valence-corrected chi connectivity index (χ4v) is 1.94. The van der Waals surface area contributed by atoms with Gasteiger partial charge in [0.2, 0.25) is 5.12 Å². The van der Waals surface area contributed by atoms with Gasteiger partial charge in [-0.2, -0.15) is 0 Å². The van der Waals surface area contributed by atoms with E-state index in [9.17, 15) is 9.36 Å². The summed E-state index contributed by atoms with van der Waals surface area (Å²) in [5.41, 5.74) is 0. The highest BCUT2D eigenvalue weighted by Gasteiger charge is 2.39. The van der Waals surface area contributed by atoms with Gasteiger partial charge in [-0.1, -0.05) is 11.6 Å². The molecule has 0 bridgehead atoms. The number of halogens is 1. The molecule has 0 aliphatic carbocycles. The van der Waals surface area contributed by atoms with Gasteiger partial charge in [-0.05, 0) is 0 Å². The van der Waals surface area contributed by atoms with Gasteiger partial charge in [0, 0.05) is 14.2 Å². The number of carbonyl (C=O) groups is 1. The normalized spacial score (nSPS) is 14.0. The van der Waals surface area contributed by atoms with Gasteiger partial charge in [-0.15, -0.1) is 0 Å². The summed E-state index contributed by atoms with van der Waals surface area (Å²) in [6.07, 6.45) is 0. The van der Waals surface area contributed by atoms with Gasteiger partial charge in [-0.25, -0.2) is 4.79 Å². The Morgan fingerprint density at radius 1 is 1.33 bits per heavy atom. The van der Waals surface area contributed by atoms with Crippen LogP contribution in [0.25, 0.3) is 0 Å². The van der Waals surface area contributed by atoms with Crippen LogP contribution in [-0.4, -0.2) is 32.4 Å². The topological polar surface area (TPSA) is 61.8 Å². The van der Waals surface area contributed by atoms with E-state index in [1.54, 1.807) is 0 Å². The molecule has 0 saturated carbocycles. The van der Waals surface area contributed by atoms with Gasteiger partial charge in [0.25, 0.3) is 0 Å². The first-order chi connectivity index (χ1) is 5.51. The summed E-state index contributed by atoms with van der Waals surface area (Å²) in [5.74, 6) is -0.844. The van der Waals surface area contributed by atoms with Crippen molar-refractivity contribution < 1.29 is 23.1 Å². The molecule has 0 heterocycles. The maximum absolute atomic E-state index is 11.4. The highest BCUT2D eigenvalue weighted by atomic mass is 35.5. The maximum Gasteiger partial charge on any atom is 0.359 e. The average Bonchev–Trinajstić information content (AvgIpc) is 2.14. The van der Waals surface area contributed by atoms with Crippen LogP contribution in [0.5, 0.6) is 0 Å². The van der Waals surface area contributed by atoms with Crippen LogP contribution in [0.1, 0.15) is 0 Å². The number of ether oxygens (including phenoxy) is 1. The molecule has 0 aromatic rings. The van der Waals surface area contributed by atoms with Gasteiger partial charge in [0.1, 0.15) is 0 Å². The minimum absolute atomic E-state index is 0.844. The standard InChI is InChI=1S/C5H10ClO5P/c1-9-5(7)4(6)12(8,10-2)11-3/h4H,1-3H3. The van der Waals surface area contributed by atoms with Crippen LogP contribution in [0, 0.1) is 0 Å². The van der Waals surface area contributed by atoms with Crippen molar-refractivity contribution in [3.05, 3.63) is 0 Å². The smallest absolute Gasteiger partial charge is 0.359 e. The second-order valence-corrected chi connectivity index (χ2v) is 4.83. The summed E-state index contributed by atoms with van der Waals surface area (Å²) in [7, 11) is -0.139. The lowest BCUT2D eigenvalue weighted by atomic mass is 10.8. The van der Waals surface area contributed by atoms with Crippen molar-refractivity contribution in [1.82, 2.24) is 0 Å². The van der Waals surface area contributed by atoms with E-state index in [2.05, 4.69) is 13.8 Å². The van der Waals surface area contributed by atoms with E-state index < -0.39 is 18.7 Å². The molecule has 0 saturated heterocycles. The van der Waals surface area contributed by atoms with Crippen molar-refractivity contribution in [2.75, 3.05) is 21.3 Å². The van der Waals surface area contributed by atoms with Gasteiger partial charge >= 0.3 is 13.6 Å². The lowest BCUT2D eigenvalue weighted by molar-refractivity contribution is -0.138. The quantitative estimate of drug-likeness (QED) is 0.402. The largest absolute Gasteiger partial charge is 0.467 e. The molecule has 1 atom stereocenters. The Hall–Kier alpha value is -0.0900. The van der Waals surface area contributed by atoms with Crippen molar-refractivity contribution in [3.8, 4) is 0 Å². The highest BCUT2D eigenvalue weighted by Crippen LogP contribution is 2.53. The highest BCUT2D eigenvalue weighted by molar-refractivity contribution is 7.57. The Morgan fingerprint density at radius 3 is 2.00 bits per heavy atom. The van der Waals surface area contributed by atoms with Gasteiger partial charge in [-0.3, -0.25) is 4.57 Å². The first kappa shape index (κ1) is 11.9.